The number of carbonyl (C=O) groups excluding carboxylic acids is 1. The van der Waals surface area contributed by atoms with E-state index in [9.17, 15) is 4.79 Å². The van der Waals surface area contributed by atoms with Crippen molar-refractivity contribution in [3.63, 3.8) is 0 Å². The van der Waals surface area contributed by atoms with Gasteiger partial charge in [-0.2, -0.15) is 0 Å². The maximum Gasteiger partial charge on any atom is 0.256 e. The highest BCUT2D eigenvalue weighted by molar-refractivity contribution is 6.30. The molecule has 0 spiro atoms. The molecule has 5 nitrogen and oxygen atoms in total. The Labute approximate surface area is 160 Å². The van der Waals surface area contributed by atoms with Gasteiger partial charge in [-0.1, -0.05) is 29.8 Å². The van der Waals surface area contributed by atoms with Crippen LogP contribution < -0.4 is 10.1 Å². The van der Waals surface area contributed by atoms with Gasteiger partial charge in [0.15, 0.2) is 0 Å². The third-order valence-corrected chi connectivity index (χ3v) is 4.12. The molecule has 0 atom stereocenters. The van der Waals surface area contributed by atoms with Crippen LogP contribution in [0.4, 0.5) is 5.69 Å². The monoisotopic (exact) mass is 375 g/mol. The van der Waals surface area contributed by atoms with Crippen LogP contribution in [-0.4, -0.2) is 15.9 Å². The lowest BCUT2D eigenvalue weighted by Crippen LogP contribution is -2.12. The molecule has 4 rings (SSSR count). The SMILES string of the molecule is O=C(Nc1ccc(Oc2ccncc2)cc1)c1cc(Cl)nc2ccccc12. The van der Waals surface area contributed by atoms with E-state index in [1.54, 1.807) is 54.9 Å². The molecule has 6 heteroatoms. The number of aromatic nitrogens is 2. The van der Waals surface area contributed by atoms with E-state index in [4.69, 9.17) is 16.3 Å². The predicted molar refractivity (Wildman–Crippen MR) is 105 cm³/mol. The first kappa shape index (κ1) is 17.0. The van der Waals surface area contributed by atoms with Gasteiger partial charge in [-0.15, -0.1) is 0 Å². The highest BCUT2D eigenvalue weighted by atomic mass is 35.5. The molecule has 2 aromatic heterocycles. The van der Waals surface area contributed by atoms with Gasteiger partial charge in [-0.25, -0.2) is 4.98 Å². The average Bonchev–Trinajstić information content (AvgIpc) is 2.69. The average molecular weight is 376 g/mol. The number of benzene rings is 2. The zero-order valence-electron chi connectivity index (χ0n) is 14.1. The smallest absolute Gasteiger partial charge is 0.256 e. The van der Waals surface area contributed by atoms with Gasteiger partial charge in [-0.3, -0.25) is 9.78 Å². The standard InChI is InChI=1S/C21H14ClN3O2/c22-20-13-18(17-3-1-2-4-19(17)25-20)21(26)24-14-5-7-15(8-6-14)27-16-9-11-23-12-10-16/h1-13H,(H,24,26). The van der Waals surface area contributed by atoms with Crippen molar-refractivity contribution < 1.29 is 9.53 Å². The van der Waals surface area contributed by atoms with E-state index in [-0.39, 0.29) is 11.1 Å². The first-order chi connectivity index (χ1) is 13.2. The van der Waals surface area contributed by atoms with Gasteiger partial charge in [-0.05, 0) is 48.5 Å². The Bertz CT molecular complexity index is 1100. The van der Waals surface area contributed by atoms with E-state index < -0.39 is 0 Å². The third-order valence-electron chi connectivity index (χ3n) is 3.93. The molecule has 0 aliphatic heterocycles. The number of hydrogen-bond acceptors (Lipinski definition) is 4. The summed E-state index contributed by atoms with van der Waals surface area (Å²) in [4.78, 5) is 20.9. The number of nitrogens with one attached hydrogen (secondary N) is 1. The van der Waals surface area contributed by atoms with Crippen LogP contribution in [0.5, 0.6) is 11.5 Å². The normalized spacial score (nSPS) is 10.6. The highest BCUT2D eigenvalue weighted by Crippen LogP contribution is 2.24. The molecule has 27 heavy (non-hydrogen) atoms. The molecule has 0 saturated carbocycles. The molecule has 2 aromatic carbocycles. The molecule has 4 aromatic rings. The van der Waals surface area contributed by atoms with Gasteiger partial charge in [0.2, 0.25) is 0 Å². The van der Waals surface area contributed by atoms with Crippen LogP contribution in [0.2, 0.25) is 5.15 Å². The summed E-state index contributed by atoms with van der Waals surface area (Å²) in [6, 6.07) is 19.6. The summed E-state index contributed by atoms with van der Waals surface area (Å²) in [6.07, 6.45) is 3.32. The summed E-state index contributed by atoms with van der Waals surface area (Å²) in [5.41, 5.74) is 1.80. The zero-order valence-corrected chi connectivity index (χ0v) is 14.9. The molecule has 0 unspecified atom stereocenters. The fourth-order valence-electron chi connectivity index (χ4n) is 2.68. The van der Waals surface area contributed by atoms with Crippen LogP contribution in [-0.2, 0) is 0 Å². The molecule has 0 aliphatic rings. The molecule has 0 aliphatic carbocycles. The molecular weight excluding hydrogens is 362 g/mol. The maximum atomic E-state index is 12.7. The molecular formula is C21H14ClN3O2. The van der Waals surface area contributed by atoms with Crippen molar-refractivity contribution in [3.8, 4) is 11.5 Å². The Hall–Kier alpha value is -3.44. The Morgan fingerprint density at radius 2 is 1.63 bits per heavy atom. The first-order valence-electron chi connectivity index (χ1n) is 8.24. The Balaban J connectivity index is 1.53. The Morgan fingerprint density at radius 3 is 2.41 bits per heavy atom. The molecule has 2 heterocycles. The number of halogens is 1. The number of carbonyl (C=O) groups is 1. The molecule has 1 N–H and O–H groups in total. The van der Waals surface area contributed by atoms with Gasteiger partial charge in [0.25, 0.3) is 5.91 Å². The number of pyridine rings is 2. The van der Waals surface area contributed by atoms with Crippen molar-refractivity contribution in [3.05, 3.63) is 89.8 Å². The van der Waals surface area contributed by atoms with Gasteiger partial charge in [0.05, 0.1) is 11.1 Å². The second-order valence-electron chi connectivity index (χ2n) is 5.77. The van der Waals surface area contributed by atoms with Crippen LogP contribution in [0.3, 0.4) is 0 Å². The number of fused-ring (bicyclic) bond motifs is 1. The molecule has 0 radical (unpaired) electrons. The van der Waals surface area contributed by atoms with Gasteiger partial charge >= 0.3 is 0 Å². The number of para-hydroxylation sites is 1. The van der Waals surface area contributed by atoms with Crippen molar-refractivity contribution in [2.75, 3.05) is 5.32 Å². The quantitative estimate of drug-likeness (QED) is 0.490. The predicted octanol–water partition coefficient (Wildman–Crippen LogP) is 5.33. The minimum atomic E-state index is -0.252. The summed E-state index contributed by atoms with van der Waals surface area (Å²) in [6.45, 7) is 0. The molecule has 0 bridgehead atoms. The number of anilines is 1. The molecule has 1 amide bonds. The van der Waals surface area contributed by atoms with E-state index in [1.807, 2.05) is 24.3 Å². The number of rotatable bonds is 4. The second-order valence-corrected chi connectivity index (χ2v) is 6.16. The van der Waals surface area contributed by atoms with E-state index in [2.05, 4.69) is 15.3 Å². The van der Waals surface area contributed by atoms with Crippen molar-refractivity contribution in [1.82, 2.24) is 9.97 Å². The largest absolute Gasteiger partial charge is 0.457 e. The number of ether oxygens (including phenoxy) is 1. The summed E-state index contributed by atoms with van der Waals surface area (Å²) in [7, 11) is 0. The van der Waals surface area contributed by atoms with Gasteiger partial charge < -0.3 is 10.1 Å². The van der Waals surface area contributed by atoms with E-state index in [0.29, 0.717) is 28.3 Å². The lowest BCUT2D eigenvalue weighted by Gasteiger charge is -2.10. The number of nitrogens with zero attached hydrogens (tertiary/aromatic N) is 2. The summed E-state index contributed by atoms with van der Waals surface area (Å²) < 4.78 is 5.72. The molecule has 0 saturated heterocycles. The number of hydrogen-bond donors (Lipinski definition) is 1. The fraction of sp³-hybridized carbons (Fsp3) is 0. The Kier molecular flexibility index (Phi) is 4.68. The minimum absolute atomic E-state index is 0.252. The van der Waals surface area contributed by atoms with E-state index >= 15 is 0 Å². The van der Waals surface area contributed by atoms with E-state index in [0.717, 1.165) is 5.39 Å². The summed E-state index contributed by atoms with van der Waals surface area (Å²) >= 11 is 6.06. The van der Waals surface area contributed by atoms with E-state index in [1.165, 1.54) is 0 Å². The van der Waals surface area contributed by atoms with Crippen molar-refractivity contribution in [2.24, 2.45) is 0 Å². The summed E-state index contributed by atoms with van der Waals surface area (Å²) in [5, 5.41) is 3.90. The van der Waals surface area contributed by atoms with Gasteiger partial charge in [0.1, 0.15) is 16.7 Å². The van der Waals surface area contributed by atoms with Crippen LogP contribution in [0, 0.1) is 0 Å². The third kappa shape index (κ3) is 3.88. The highest BCUT2D eigenvalue weighted by Gasteiger charge is 2.12. The van der Waals surface area contributed by atoms with Crippen LogP contribution in [0.1, 0.15) is 10.4 Å². The minimum Gasteiger partial charge on any atom is -0.457 e. The van der Waals surface area contributed by atoms with Crippen molar-refractivity contribution in [2.45, 2.75) is 0 Å². The molecule has 132 valence electrons. The van der Waals surface area contributed by atoms with Crippen LogP contribution >= 0.6 is 11.6 Å². The fourth-order valence-corrected chi connectivity index (χ4v) is 2.88. The lowest BCUT2D eigenvalue weighted by atomic mass is 10.1. The lowest BCUT2D eigenvalue weighted by molar-refractivity contribution is 0.102. The van der Waals surface area contributed by atoms with Crippen molar-refractivity contribution in [1.29, 1.82) is 0 Å². The second kappa shape index (κ2) is 7.43. The van der Waals surface area contributed by atoms with Gasteiger partial charge in [0, 0.05) is 23.5 Å². The maximum absolute atomic E-state index is 12.7. The van der Waals surface area contributed by atoms with Crippen LogP contribution in [0.15, 0.2) is 79.1 Å². The first-order valence-corrected chi connectivity index (χ1v) is 8.61. The zero-order chi connectivity index (χ0) is 18.6. The van der Waals surface area contributed by atoms with Crippen molar-refractivity contribution >= 4 is 34.1 Å². The topological polar surface area (TPSA) is 64.1 Å². The molecule has 0 fully saturated rings. The Morgan fingerprint density at radius 1 is 0.926 bits per heavy atom. The number of amides is 1. The van der Waals surface area contributed by atoms with Crippen LogP contribution in [0.25, 0.3) is 10.9 Å². The summed E-state index contributed by atoms with van der Waals surface area (Å²) in [5.74, 6) is 1.11.